The highest BCUT2D eigenvalue weighted by Gasteiger charge is 1.82. The predicted octanol–water partition coefficient (Wildman–Crippen LogP) is 5.55. The molecule has 0 aliphatic rings. The van der Waals surface area contributed by atoms with Crippen molar-refractivity contribution in [2.24, 2.45) is 0 Å². The van der Waals surface area contributed by atoms with E-state index in [4.69, 9.17) is 0 Å². The second kappa shape index (κ2) is 12.1. The van der Waals surface area contributed by atoms with Crippen molar-refractivity contribution in [2.75, 3.05) is 0 Å². The van der Waals surface area contributed by atoms with Gasteiger partial charge >= 0.3 is 0 Å². The van der Waals surface area contributed by atoms with Gasteiger partial charge in [-0.05, 0) is 17.5 Å². The summed E-state index contributed by atoms with van der Waals surface area (Å²) in [5, 5.41) is 0. The molecule has 2 rings (SSSR count). The van der Waals surface area contributed by atoms with Crippen LogP contribution in [-0.4, -0.2) is 0 Å². The zero-order valence-electron chi connectivity index (χ0n) is 11.5. The van der Waals surface area contributed by atoms with Gasteiger partial charge in [0.1, 0.15) is 0 Å². The van der Waals surface area contributed by atoms with E-state index >= 15 is 0 Å². The third kappa shape index (κ3) is 8.39. The Hall–Kier alpha value is -2.34. The molecule has 98 valence electrons. The van der Waals surface area contributed by atoms with Crippen LogP contribution in [-0.2, 0) is 6.42 Å². The highest BCUT2D eigenvalue weighted by atomic mass is 13.9. The quantitative estimate of drug-likeness (QED) is 0.627. The van der Waals surface area contributed by atoms with Gasteiger partial charge in [-0.3, -0.25) is 0 Å². The first kappa shape index (κ1) is 16.7. The second-order valence-electron chi connectivity index (χ2n) is 3.59. The first-order valence-corrected chi connectivity index (χ1v) is 6.19. The predicted molar refractivity (Wildman–Crippen MR) is 88.1 cm³/mol. The van der Waals surface area contributed by atoms with Crippen LogP contribution in [0.3, 0.4) is 0 Å². The average Bonchev–Trinajstić information content (AvgIpc) is 2.52. The molecule has 2 aromatic rings. The Morgan fingerprint density at radius 3 is 1.58 bits per heavy atom. The van der Waals surface area contributed by atoms with Gasteiger partial charge in [-0.25, -0.2) is 0 Å². The smallest absolute Gasteiger partial charge is 0.0100 e. The first-order valence-electron chi connectivity index (χ1n) is 6.19. The van der Waals surface area contributed by atoms with E-state index in [0.29, 0.717) is 0 Å². The van der Waals surface area contributed by atoms with Crippen LogP contribution in [0.5, 0.6) is 0 Å². The Labute approximate surface area is 117 Å². The summed E-state index contributed by atoms with van der Waals surface area (Å²) in [5.74, 6) is 0. The van der Waals surface area contributed by atoms with Gasteiger partial charge in [0.2, 0.25) is 0 Å². The van der Waals surface area contributed by atoms with Crippen LogP contribution < -0.4 is 0 Å². The molecule has 2 aromatic carbocycles. The fourth-order valence-corrected chi connectivity index (χ4v) is 1.37. The molecule has 0 radical (unpaired) electrons. The van der Waals surface area contributed by atoms with Gasteiger partial charge in [0, 0.05) is 0 Å². The van der Waals surface area contributed by atoms with Crippen LogP contribution in [0.4, 0.5) is 0 Å². The summed E-state index contributed by atoms with van der Waals surface area (Å²) >= 11 is 0. The van der Waals surface area contributed by atoms with Crippen molar-refractivity contribution < 1.29 is 0 Å². The lowest BCUT2D eigenvalue weighted by molar-refractivity contribution is 1.28. The van der Waals surface area contributed by atoms with Gasteiger partial charge in [-0.1, -0.05) is 79.4 Å². The van der Waals surface area contributed by atoms with Crippen molar-refractivity contribution in [3.63, 3.8) is 0 Å². The van der Waals surface area contributed by atoms with Gasteiger partial charge in [-0.2, -0.15) is 0 Å². The molecule has 0 spiro atoms. The fraction of sp³-hybridized carbons (Fsp3) is 0.0526. The molecule has 0 N–H and O–H groups in total. The largest absolute Gasteiger partial charge is 0.106 e. The molecule has 0 aromatic heterocycles. The van der Waals surface area contributed by atoms with Gasteiger partial charge in [0.15, 0.2) is 0 Å². The maximum Gasteiger partial charge on any atom is -0.0100 e. The number of benzene rings is 2. The summed E-state index contributed by atoms with van der Waals surface area (Å²) in [4.78, 5) is 0. The molecule has 0 atom stereocenters. The average molecular weight is 250 g/mol. The molecular weight excluding hydrogens is 228 g/mol. The highest BCUT2D eigenvalue weighted by molar-refractivity contribution is 5.45. The second-order valence-corrected chi connectivity index (χ2v) is 3.59. The number of hydrogen-bond donors (Lipinski definition) is 0. The Morgan fingerprint density at radius 1 is 0.737 bits per heavy atom. The molecule has 0 aliphatic carbocycles. The summed E-state index contributed by atoms with van der Waals surface area (Å²) in [6, 6.07) is 20.3. The van der Waals surface area contributed by atoms with E-state index < -0.39 is 0 Å². The molecule has 19 heavy (non-hydrogen) atoms. The third-order valence-electron chi connectivity index (χ3n) is 2.26. The van der Waals surface area contributed by atoms with E-state index in [0.717, 1.165) is 6.42 Å². The zero-order valence-corrected chi connectivity index (χ0v) is 11.5. The molecule has 0 heteroatoms. The highest BCUT2D eigenvalue weighted by Crippen LogP contribution is 1.98. The molecular formula is C19H22. The van der Waals surface area contributed by atoms with Gasteiger partial charge < -0.3 is 0 Å². The molecule has 0 fully saturated rings. The lowest BCUT2D eigenvalue weighted by atomic mass is 10.2. The molecule has 0 heterocycles. The standard InChI is InChI=1S/C9H10.C8H8.C2H4/c1-2-6-9-7-4-3-5-8-9;1-2-8-6-4-3-5-7-8;1-2/h2-5,7-8H,1,6H2;2-7H,1H2;1-2H2. The minimum absolute atomic E-state index is 0.973. The van der Waals surface area contributed by atoms with E-state index in [1.54, 1.807) is 0 Å². The lowest BCUT2D eigenvalue weighted by Crippen LogP contribution is -1.75. The summed E-state index contributed by atoms with van der Waals surface area (Å²) in [5.41, 5.74) is 2.50. The summed E-state index contributed by atoms with van der Waals surface area (Å²) in [7, 11) is 0. The lowest BCUT2D eigenvalue weighted by Gasteiger charge is -1.91. The molecule has 0 amide bonds. The van der Waals surface area contributed by atoms with Crippen molar-refractivity contribution in [3.05, 3.63) is 104 Å². The SMILES string of the molecule is C=C.C=CCc1ccccc1.C=Cc1ccccc1. The fourth-order valence-electron chi connectivity index (χ4n) is 1.37. The maximum atomic E-state index is 3.66. The van der Waals surface area contributed by atoms with Crippen LogP contribution >= 0.6 is 0 Å². The molecule has 0 aliphatic heterocycles. The van der Waals surface area contributed by atoms with Gasteiger partial charge in [-0.15, -0.1) is 19.7 Å². The van der Waals surface area contributed by atoms with Crippen molar-refractivity contribution >= 4 is 6.08 Å². The number of rotatable bonds is 3. The molecule has 0 saturated carbocycles. The molecule has 0 saturated heterocycles. The van der Waals surface area contributed by atoms with Crippen LogP contribution in [0, 0.1) is 0 Å². The van der Waals surface area contributed by atoms with Gasteiger partial charge in [0.25, 0.3) is 0 Å². The number of allylic oxidation sites excluding steroid dienone is 1. The Morgan fingerprint density at radius 2 is 1.21 bits per heavy atom. The van der Waals surface area contributed by atoms with Gasteiger partial charge in [0.05, 0.1) is 0 Å². The van der Waals surface area contributed by atoms with Crippen molar-refractivity contribution in [3.8, 4) is 0 Å². The van der Waals surface area contributed by atoms with Crippen LogP contribution in [0.2, 0.25) is 0 Å². The van der Waals surface area contributed by atoms with Crippen LogP contribution in [0.15, 0.2) is 93.1 Å². The minimum atomic E-state index is 0.973. The molecule has 0 unspecified atom stereocenters. The maximum absolute atomic E-state index is 3.66. The number of hydrogen-bond acceptors (Lipinski definition) is 0. The molecule has 0 nitrogen and oxygen atoms in total. The normalized spacial score (nSPS) is 8.00. The van der Waals surface area contributed by atoms with E-state index in [1.165, 1.54) is 11.1 Å². The van der Waals surface area contributed by atoms with Crippen LogP contribution in [0.1, 0.15) is 11.1 Å². The van der Waals surface area contributed by atoms with E-state index in [2.05, 4.69) is 38.4 Å². The Balaban J connectivity index is 0.000000303. The van der Waals surface area contributed by atoms with E-state index in [9.17, 15) is 0 Å². The summed E-state index contributed by atoms with van der Waals surface area (Å²) < 4.78 is 0. The topological polar surface area (TPSA) is 0 Å². The Bertz CT molecular complexity index is 440. The summed E-state index contributed by atoms with van der Waals surface area (Å²) in [6.07, 6.45) is 4.72. The monoisotopic (exact) mass is 250 g/mol. The Kier molecular flexibility index (Phi) is 10.6. The van der Waals surface area contributed by atoms with Crippen molar-refractivity contribution in [1.82, 2.24) is 0 Å². The zero-order chi connectivity index (χ0) is 14.3. The first-order chi connectivity index (χ1) is 9.36. The summed E-state index contributed by atoms with van der Waals surface area (Å²) in [6.45, 7) is 13.3. The molecule has 0 bridgehead atoms. The van der Waals surface area contributed by atoms with Crippen LogP contribution in [0.25, 0.3) is 6.08 Å². The van der Waals surface area contributed by atoms with E-state index in [-0.39, 0.29) is 0 Å². The third-order valence-corrected chi connectivity index (χ3v) is 2.26. The minimum Gasteiger partial charge on any atom is -0.106 e. The van der Waals surface area contributed by atoms with Crippen molar-refractivity contribution in [2.45, 2.75) is 6.42 Å². The van der Waals surface area contributed by atoms with E-state index in [1.807, 2.05) is 60.7 Å². The van der Waals surface area contributed by atoms with Crippen molar-refractivity contribution in [1.29, 1.82) is 0 Å².